The molecule has 5 N–H and O–H groups in total. The van der Waals surface area contributed by atoms with Gasteiger partial charge in [-0.25, -0.2) is 4.57 Å². The average molecular weight is 312 g/mol. The van der Waals surface area contributed by atoms with Crippen LogP contribution in [0.5, 0.6) is 0 Å². The molecule has 1 fully saturated rings. The molecule has 1 heterocycles. The van der Waals surface area contributed by atoms with Gasteiger partial charge in [0.15, 0.2) is 6.29 Å². The number of aliphatic hydroxyl groups is 3. The Balaban J connectivity index is 0.00000289. The molecule has 10 nitrogen and oxygen atoms in total. The zero-order valence-corrected chi connectivity index (χ0v) is 13.1. The van der Waals surface area contributed by atoms with Gasteiger partial charge in [0.05, 0.1) is 5.97 Å². The summed E-state index contributed by atoms with van der Waals surface area (Å²) in [6.45, 7) is 0. The fourth-order valence-electron chi connectivity index (χ4n) is 1.27. The normalized spacial score (nSPS) is 36.8. The summed E-state index contributed by atoms with van der Waals surface area (Å²) < 4.78 is 18.8. The smallest absolute Gasteiger partial charge is 0.547 e. The number of aliphatic carboxylic acids is 1. The van der Waals surface area contributed by atoms with Crippen LogP contribution in [0, 0.1) is 0 Å². The number of carboxylic acids is 1. The van der Waals surface area contributed by atoms with Crippen LogP contribution in [0.3, 0.4) is 0 Å². The molecule has 100 valence electrons. The summed E-state index contributed by atoms with van der Waals surface area (Å²) in [7, 11) is -5.07. The Bertz CT molecular complexity index is 343. The second-order valence-electron chi connectivity index (χ2n) is 3.31. The van der Waals surface area contributed by atoms with Gasteiger partial charge in [-0.1, -0.05) is 0 Å². The molecule has 0 aliphatic carbocycles. The number of carbonyl (C=O) groups is 1. The fraction of sp³-hybridized carbons (Fsp3) is 0.833. The van der Waals surface area contributed by atoms with Crippen LogP contribution in [0.4, 0.5) is 0 Å². The van der Waals surface area contributed by atoms with E-state index in [1.807, 2.05) is 0 Å². The zero-order chi connectivity index (χ0) is 13.4. The average Bonchev–Trinajstić information content (AvgIpc) is 2.16. The Hall–Kier alpha value is 1.06. The molecule has 1 saturated heterocycles. The molecule has 0 bridgehead atoms. The molecule has 0 amide bonds. The summed E-state index contributed by atoms with van der Waals surface area (Å²) in [4.78, 5) is 27.4. The maximum atomic E-state index is 10.5. The first kappa shape index (κ1) is 19.1. The Labute approximate surface area is 143 Å². The first-order valence-electron chi connectivity index (χ1n) is 4.28. The van der Waals surface area contributed by atoms with E-state index in [-0.39, 0.29) is 51.4 Å². The number of hydrogen-bond donors (Lipinski definition) is 5. The SMILES string of the molecule is O=C([O-])C1OC(OP(=O)(O)O)C(O)C(O)C1O.[K+]. The summed E-state index contributed by atoms with van der Waals surface area (Å²) in [6.07, 6.45) is -10.2. The van der Waals surface area contributed by atoms with Gasteiger partial charge in [-0.3, -0.25) is 4.52 Å². The summed E-state index contributed by atoms with van der Waals surface area (Å²) in [5.74, 6) is -1.93. The minimum Gasteiger partial charge on any atom is -0.547 e. The van der Waals surface area contributed by atoms with Crippen LogP contribution in [0.2, 0.25) is 0 Å². The van der Waals surface area contributed by atoms with Crippen molar-refractivity contribution in [1.82, 2.24) is 0 Å². The van der Waals surface area contributed by atoms with Gasteiger partial charge in [0.25, 0.3) is 0 Å². The molecule has 12 heteroatoms. The van der Waals surface area contributed by atoms with Crippen LogP contribution in [0.1, 0.15) is 0 Å². The maximum absolute atomic E-state index is 10.5. The molecule has 18 heavy (non-hydrogen) atoms. The number of carbonyl (C=O) groups excluding carboxylic acids is 1. The molecular formula is C6H10KO10P. The summed E-state index contributed by atoms with van der Waals surface area (Å²) >= 11 is 0. The van der Waals surface area contributed by atoms with E-state index in [9.17, 15) is 29.8 Å². The van der Waals surface area contributed by atoms with Gasteiger partial charge < -0.3 is 39.7 Å². The Morgan fingerprint density at radius 2 is 1.67 bits per heavy atom. The number of ether oxygens (including phenoxy) is 1. The molecule has 5 unspecified atom stereocenters. The predicted molar refractivity (Wildman–Crippen MR) is 44.8 cm³/mol. The van der Waals surface area contributed by atoms with Crippen molar-refractivity contribution in [1.29, 1.82) is 0 Å². The van der Waals surface area contributed by atoms with Crippen molar-refractivity contribution in [3.63, 3.8) is 0 Å². The fourth-order valence-corrected chi connectivity index (χ4v) is 1.71. The van der Waals surface area contributed by atoms with Crippen molar-refractivity contribution in [3.8, 4) is 0 Å². The number of hydrogen-bond acceptors (Lipinski definition) is 8. The molecular weight excluding hydrogens is 302 g/mol. The molecule has 1 rings (SSSR count). The zero-order valence-electron chi connectivity index (χ0n) is 9.11. The summed E-state index contributed by atoms with van der Waals surface area (Å²) in [5, 5.41) is 38.2. The predicted octanol–water partition coefficient (Wildman–Crippen LogP) is -7.34. The van der Waals surface area contributed by atoms with Gasteiger partial charge in [0, 0.05) is 0 Å². The van der Waals surface area contributed by atoms with Crippen molar-refractivity contribution in [2.45, 2.75) is 30.7 Å². The quantitative estimate of drug-likeness (QED) is 0.248. The molecule has 1 aliphatic heterocycles. The first-order chi connectivity index (χ1) is 7.63. The number of phosphoric acid groups is 1. The van der Waals surface area contributed by atoms with Crippen molar-refractivity contribution in [2.24, 2.45) is 0 Å². The Morgan fingerprint density at radius 1 is 1.17 bits per heavy atom. The minimum atomic E-state index is -5.07. The second kappa shape index (κ2) is 7.18. The molecule has 0 aromatic heterocycles. The molecule has 0 spiro atoms. The van der Waals surface area contributed by atoms with E-state index in [1.165, 1.54) is 0 Å². The third kappa shape index (κ3) is 4.87. The number of phosphoric ester groups is 1. The van der Waals surface area contributed by atoms with Crippen molar-refractivity contribution < 1.29 is 100 Å². The monoisotopic (exact) mass is 312 g/mol. The molecule has 0 saturated carbocycles. The van der Waals surface area contributed by atoms with Gasteiger partial charge in [0.2, 0.25) is 0 Å². The van der Waals surface area contributed by atoms with Gasteiger partial charge in [-0.05, 0) is 0 Å². The van der Waals surface area contributed by atoms with E-state index in [0.717, 1.165) is 0 Å². The molecule has 0 aromatic rings. The second-order valence-corrected chi connectivity index (χ2v) is 4.50. The van der Waals surface area contributed by atoms with Gasteiger partial charge in [-0.15, -0.1) is 0 Å². The third-order valence-corrected chi connectivity index (χ3v) is 2.53. The van der Waals surface area contributed by atoms with Crippen LogP contribution >= 0.6 is 7.82 Å². The number of rotatable bonds is 3. The molecule has 5 atom stereocenters. The standard InChI is InChI=1S/C6H11O10P.K/c7-1-2(8)4(5(10)11)15-6(3(1)9)16-17(12,13)14;/h1-4,6-9H,(H,10,11)(H2,12,13,14);/q;+1/p-1. The first-order valence-corrected chi connectivity index (χ1v) is 5.81. The largest absolute Gasteiger partial charge is 1.00 e. The van der Waals surface area contributed by atoms with E-state index in [2.05, 4.69) is 9.26 Å². The van der Waals surface area contributed by atoms with Gasteiger partial charge in [0.1, 0.15) is 24.4 Å². The Morgan fingerprint density at radius 3 is 2.06 bits per heavy atom. The summed E-state index contributed by atoms with van der Waals surface area (Å²) in [6, 6.07) is 0. The van der Waals surface area contributed by atoms with E-state index in [1.54, 1.807) is 0 Å². The van der Waals surface area contributed by atoms with Crippen LogP contribution in [0.25, 0.3) is 0 Å². The third-order valence-electron chi connectivity index (χ3n) is 2.04. The van der Waals surface area contributed by atoms with Gasteiger partial charge in [-0.2, -0.15) is 0 Å². The van der Waals surface area contributed by atoms with Crippen molar-refractivity contribution in [2.75, 3.05) is 0 Å². The van der Waals surface area contributed by atoms with E-state index in [0.29, 0.717) is 0 Å². The topological polar surface area (TPSA) is 177 Å². The van der Waals surface area contributed by atoms with E-state index < -0.39 is 44.5 Å². The van der Waals surface area contributed by atoms with Crippen LogP contribution < -0.4 is 56.5 Å². The maximum Gasteiger partial charge on any atom is 1.00 e. The molecule has 0 aromatic carbocycles. The molecule has 0 radical (unpaired) electrons. The van der Waals surface area contributed by atoms with Crippen LogP contribution in [0.15, 0.2) is 0 Å². The van der Waals surface area contributed by atoms with Gasteiger partial charge >= 0.3 is 59.2 Å². The van der Waals surface area contributed by atoms with Crippen LogP contribution in [-0.2, 0) is 18.6 Å². The van der Waals surface area contributed by atoms with Crippen LogP contribution in [-0.4, -0.2) is 61.8 Å². The number of carboxylic acid groups (broad SMARTS) is 1. The van der Waals surface area contributed by atoms with E-state index in [4.69, 9.17) is 9.79 Å². The van der Waals surface area contributed by atoms with E-state index >= 15 is 0 Å². The van der Waals surface area contributed by atoms with Crippen molar-refractivity contribution >= 4 is 13.8 Å². The van der Waals surface area contributed by atoms with Crippen molar-refractivity contribution in [3.05, 3.63) is 0 Å². The summed E-state index contributed by atoms with van der Waals surface area (Å²) in [5.41, 5.74) is 0. The number of aliphatic hydroxyl groups excluding tert-OH is 3. The minimum absolute atomic E-state index is 0. The Kier molecular flexibility index (Phi) is 7.60. The molecule has 1 aliphatic rings.